The van der Waals surface area contributed by atoms with E-state index in [-0.39, 0.29) is 11.7 Å². The molecule has 2 saturated heterocycles. The number of ether oxygens (including phenoxy) is 2. The van der Waals surface area contributed by atoms with Gasteiger partial charge in [0.15, 0.2) is 0 Å². The van der Waals surface area contributed by atoms with E-state index in [1.807, 2.05) is 0 Å². The predicted molar refractivity (Wildman–Crippen MR) is 82.5 cm³/mol. The zero-order chi connectivity index (χ0) is 14.9. The average molecular weight is 355 g/mol. The van der Waals surface area contributed by atoms with E-state index in [9.17, 15) is 4.79 Å². The summed E-state index contributed by atoms with van der Waals surface area (Å²) in [7, 11) is 0. The minimum atomic E-state index is -0.479. The number of nitrogens with one attached hydrogen (secondary N) is 1. The number of carbonyl (C=O) groups is 1. The van der Waals surface area contributed by atoms with Gasteiger partial charge in [-0.1, -0.05) is 15.9 Å². The van der Waals surface area contributed by atoms with Crippen LogP contribution < -0.4 is 15.8 Å². The van der Waals surface area contributed by atoms with Crippen molar-refractivity contribution in [2.75, 3.05) is 19.7 Å². The maximum Gasteiger partial charge on any atom is 0.252 e. The molecule has 0 aromatic heterocycles. The Kier molecular flexibility index (Phi) is 4.19. The summed E-state index contributed by atoms with van der Waals surface area (Å²) in [5, 5.41) is 3.34. The maximum absolute atomic E-state index is 11.5. The van der Waals surface area contributed by atoms with E-state index in [1.54, 1.807) is 18.2 Å². The van der Waals surface area contributed by atoms with Crippen molar-refractivity contribution in [3.63, 3.8) is 0 Å². The first kappa shape index (κ1) is 14.8. The van der Waals surface area contributed by atoms with Gasteiger partial charge >= 0.3 is 0 Å². The second-order valence-electron chi connectivity index (χ2n) is 5.69. The molecule has 2 aliphatic heterocycles. The molecule has 1 aromatic carbocycles. The number of halogens is 1. The van der Waals surface area contributed by atoms with Crippen LogP contribution in [-0.4, -0.2) is 37.3 Å². The first-order valence-corrected chi connectivity index (χ1v) is 7.98. The Morgan fingerprint density at radius 2 is 2.19 bits per heavy atom. The number of hydrogen-bond acceptors (Lipinski definition) is 4. The minimum Gasteiger partial charge on any atom is -0.487 e. The predicted octanol–water partition coefficient (Wildman–Crippen LogP) is 1.84. The number of primary amides is 1. The van der Waals surface area contributed by atoms with Crippen molar-refractivity contribution in [1.82, 2.24) is 5.32 Å². The molecule has 3 rings (SSSR count). The lowest BCUT2D eigenvalue weighted by atomic mass is 9.89. The fraction of sp³-hybridized carbons (Fsp3) is 0.533. The second-order valence-corrected chi connectivity index (χ2v) is 6.61. The van der Waals surface area contributed by atoms with E-state index in [0.29, 0.717) is 17.9 Å². The van der Waals surface area contributed by atoms with E-state index in [0.717, 1.165) is 36.8 Å². The zero-order valence-electron chi connectivity index (χ0n) is 11.7. The van der Waals surface area contributed by atoms with Gasteiger partial charge in [-0.25, -0.2) is 0 Å². The Bertz CT molecular complexity index is 544. The molecule has 114 valence electrons. The standard InChI is InChI=1S/C15H19BrN2O3/c16-10-1-2-12(14(17)19)13(7-10)21-11-8-15(20-9-11)3-5-18-6-4-15/h1-2,7,11,18H,3-6,8-9H2,(H2,17,19). The van der Waals surface area contributed by atoms with Crippen molar-refractivity contribution in [2.24, 2.45) is 5.73 Å². The first-order chi connectivity index (χ1) is 10.1. The molecule has 21 heavy (non-hydrogen) atoms. The highest BCUT2D eigenvalue weighted by Gasteiger charge is 2.42. The van der Waals surface area contributed by atoms with Gasteiger partial charge in [0.2, 0.25) is 0 Å². The highest BCUT2D eigenvalue weighted by atomic mass is 79.9. The van der Waals surface area contributed by atoms with Crippen LogP contribution >= 0.6 is 15.9 Å². The fourth-order valence-electron chi connectivity index (χ4n) is 3.09. The number of piperidine rings is 1. The van der Waals surface area contributed by atoms with Gasteiger partial charge in [0.05, 0.1) is 17.8 Å². The van der Waals surface area contributed by atoms with Crippen LogP contribution in [0.5, 0.6) is 5.75 Å². The molecule has 6 heteroatoms. The number of amides is 1. The summed E-state index contributed by atoms with van der Waals surface area (Å²) in [5.41, 5.74) is 5.75. The van der Waals surface area contributed by atoms with Crippen molar-refractivity contribution in [1.29, 1.82) is 0 Å². The van der Waals surface area contributed by atoms with E-state index in [4.69, 9.17) is 15.2 Å². The molecular formula is C15H19BrN2O3. The number of rotatable bonds is 3. The summed E-state index contributed by atoms with van der Waals surface area (Å²) in [4.78, 5) is 11.5. The third kappa shape index (κ3) is 3.22. The van der Waals surface area contributed by atoms with Gasteiger partial charge in [0, 0.05) is 10.9 Å². The van der Waals surface area contributed by atoms with Crippen LogP contribution in [0.25, 0.3) is 0 Å². The van der Waals surface area contributed by atoms with Crippen LogP contribution in [-0.2, 0) is 4.74 Å². The third-order valence-corrected chi connectivity index (χ3v) is 4.69. The van der Waals surface area contributed by atoms with Crippen LogP contribution in [0.4, 0.5) is 0 Å². The molecule has 0 aliphatic carbocycles. The maximum atomic E-state index is 11.5. The topological polar surface area (TPSA) is 73.6 Å². The molecule has 1 atom stereocenters. The summed E-state index contributed by atoms with van der Waals surface area (Å²) in [6, 6.07) is 5.25. The molecule has 5 nitrogen and oxygen atoms in total. The van der Waals surface area contributed by atoms with Crippen molar-refractivity contribution < 1.29 is 14.3 Å². The van der Waals surface area contributed by atoms with Crippen LogP contribution in [0.1, 0.15) is 29.6 Å². The number of nitrogens with two attached hydrogens (primary N) is 1. The number of carbonyl (C=O) groups excluding carboxylic acids is 1. The number of benzene rings is 1. The van der Waals surface area contributed by atoms with Gasteiger partial charge in [-0.3, -0.25) is 4.79 Å². The van der Waals surface area contributed by atoms with Crippen molar-refractivity contribution in [3.05, 3.63) is 28.2 Å². The molecule has 2 fully saturated rings. The van der Waals surface area contributed by atoms with Gasteiger partial charge < -0.3 is 20.5 Å². The molecule has 0 saturated carbocycles. The summed E-state index contributed by atoms with van der Waals surface area (Å²) in [6.45, 7) is 2.52. The smallest absolute Gasteiger partial charge is 0.252 e. The largest absolute Gasteiger partial charge is 0.487 e. The number of hydrogen-bond donors (Lipinski definition) is 2. The highest BCUT2D eigenvalue weighted by Crippen LogP contribution is 2.36. The molecule has 1 amide bonds. The Balaban J connectivity index is 1.73. The lowest BCUT2D eigenvalue weighted by Gasteiger charge is -2.32. The first-order valence-electron chi connectivity index (χ1n) is 7.19. The lowest BCUT2D eigenvalue weighted by Crippen LogP contribution is -2.41. The van der Waals surface area contributed by atoms with Gasteiger partial charge in [0.1, 0.15) is 11.9 Å². The van der Waals surface area contributed by atoms with Crippen LogP contribution in [0.15, 0.2) is 22.7 Å². The van der Waals surface area contributed by atoms with Crippen LogP contribution in [0, 0.1) is 0 Å². The second kappa shape index (κ2) is 5.94. The molecule has 2 aliphatic rings. The highest BCUT2D eigenvalue weighted by molar-refractivity contribution is 9.10. The van der Waals surface area contributed by atoms with E-state index in [2.05, 4.69) is 21.2 Å². The Hall–Kier alpha value is -1.11. The molecule has 1 unspecified atom stereocenters. The fourth-order valence-corrected chi connectivity index (χ4v) is 3.43. The normalized spacial score (nSPS) is 24.1. The van der Waals surface area contributed by atoms with Crippen molar-refractivity contribution in [2.45, 2.75) is 31.0 Å². The molecule has 1 spiro atoms. The van der Waals surface area contributed by atoms with Crippen molar-refractivity contribution >= 4 is 21.8 Å². The SMILES string of the molecule is NC(=O)c1ccc(Br)cc1OC1COC2(CCNCC2)C1. The van der Waals surface area contributed by atoms with Crippen molar-refractivity contribution in [3.8, 4) is 5.75 Å². The molecule has 3 N–H and O–H groups in total. The van der Waals surface area contributed by atoms with E-state index in [1.165, 1.54) is 0 Å². The van der Waals surface area contributed by atoms with E-state index < -0.39 is 5.91 Å². The Labute approximate surface area is 132 Å². The molecule has 2 heterocycles. The van der Waals surface area contributed by atoms with Crippen LogP contribution in [0.3, 0.4) is 0 Å². The van der Waals surface area contributed by atoms with Crippen LogP contribution in [0.2, 0.25) is 0 Å². The Morgan fingerprint density at radius 3 is 2.90 bits per heavy atom. The minimum absolute atomic E-state index is 0.0319. The molecule has 1 aromatic rings. The third-order valence-electron chi connectivity index (χ3n) is 4.19. The van der Waals surface area contributed by atoms with Gasteiger partial charge in [-0.2, -0.15) is 0 Å². The van der Waals surface area contributed by atoms with Gasteiger partial charge in [0.25, 0.3) is 5.91 Å². The summed E-state index contributed by atoms with van der Waals surface area (Å²) in [5.74, 6) is 0.0458. The van der Waals surface area contributed by atoms with E-state index >= 15 is 0 Å². The summed E-state index contributed by atoms with van der Waals surface area (Å²) in [6.07, 6.45) is 2.84. The zero-order valence-corrected chi connectivity index (χ0v) is 13.3. The summed E-state index contributed by atoms with van der Waals surface area (Å²) < 4.78 is 12.9. The molecular weight excluding hydrogens is 336 g/mol. The molecule has 0 radical (unpaired) electrons. The quantitative estimate of drug-likeness (QED) is 0.868. The Morgan fingerprint density at radius 1 is 1.43 bits per heavy atom. The average Bonchev–Trinajstić information content (AvgIpc) is 2.82. The monoisotopic (exact) mass is 354 g/mol. The van der Waals surface area contributed by atoms with Gasteiger partial charge in [-0.15, -0.1) is 0 Å². The summed E-state index contributed by atoms with van der Waals surface area (Å²) >= 11 is 3.39. The van der Waals surface area contributed by atoms with Gasteiger partial charge in [-0.05, 0) is 44.1 Å². The molecule has 0 bridgehead atoms. The lowest BCUT2D eigenvalue weighted by molar-refractivity contribution is -0.0205.